The summed E-state index contributed by atoms with van der Waals surface area (Å²) in [5.74, 6) is -0.454. The second kappa shape index (κ2) is 5.55. The highest BCUT2D eigenvalue weighted by Crippen LogP contribution is 2.22. The molecule has 0 spiro atoms. The van der Waals surface area contributed by atoms with Gasteiger partial charge in [-0.1, -0.05) is 26.1 Å². The number of nitrogens with two attached hydrogens (primary N) is 1. The molecule has 3 N–H and O–H groups in total. The Morgan fingerprint density at radius 1 is 1.41 bits per heavy atom. The van der Waals surface area contributed by atoms with Crippen molar-refractivity contribution in [1.82, 2.24) is 10.2 Å². The van der Waals surface area contributed by atoms with Crippen LogP contribution >= 0.6 is 12.2 Å². The van der Waals surface area contributed by atoms with Crippen molar-refractivity contribution >= 4 is 29.0 Å². The predicted octanol–water partition coefficient (Wildman–Crippen LogP) is 0.0373. The fourth-order valence-corrected chi connectivity index (χ4v) is 1.82. The zero-order valence-corrected chi connectivity index (χ0v) is 11.1. The van der Waals surface area contributed by atoms with Gasteiger partial charge in [-0.3, -0.25) is 19.8 Å². The number of imide groups is 1. The van der Waals surface area contributed by atoms with Crippen LogP contribution in [-0.4, -0.2) is 41.3 Å². The second-order valence-electron chi connectivity index (χ2n) is 5.03. The Kier molecular flexibility index (Phi) is 4.59. The number of hydrogen-bond donors (Lipinski definition) is 2. The van der Waals surface area contributed by atoms with Crippen LogP contribution in [0, 0.1) is 5.41 Å². The van der Waals surface area contributed by atoms with Crippen LogP contribution in [0.4, 0.5) is 0 Å². The lowest BCUT2D eigenvalue weighted by molar-refractivity contribution is -0.136. The molecule has 1 fully saturated rings. The lowest BCUT2D eigenvalue weighted by Gasteiger charge is -2.27. The molecule has 6 heteroatoms. The largest absolute Gasteiger partial charge is 0.393 e. The number of piperazine rings is 1. The molecule has 0 bridgehead atoms. The van der Waals surface area contributed by atoms with E-state index in [9.17, 15) is 9.59 Å². The number of amides is 2. The average molecular weight is 257 g/mol. The molecule has 0 aliphatic carbocycles. The van der Waals surface area contributed by atoms with Crippen molar-refractivity contribution in [3.63, 3.8) is 0 Å². The van der Waals surface area contributed by atoms with Gasteiger partial charge in [-0.05, 0) is 19.4 Å². The quantitative estimate of drug-likeness (QED) is 0.537. The van der Waals surface area contributed by atoms with Gasteiger partial charge in [0, 0.05) is 5.41 Å². The lowest BCUT2D eigenvalue weighted by Crippen LogP contribution is -2.51. The van der Waals surface area contributed by atoms with Crippen LogP contribution in [-0.2, 0) is 9.59 Å². The Bertz CT molecular complexity index is 326. The molecular weight excluding hydrogens is 238 g/mol. The maximum Gasteiger partial charge on any atom is 0.240 e. The summed E-state index contributed by atoms with van der Waals surface area (Å²) >= 11 is 4.98. The summed E-state index contributed by atoms with van der Waals surface area (Å²) in [6, 6.07) is 0. The first-order chi connectivity index (χ1) is 7.81. The Morgan fingerprint density at radius 2 is 1.94 bits per heavy atom. The van der Waals surface area contributed by atoms with Crippen LogP contribution in [0.2, 0.25) is 0 Å². The number of carbonyl (C=O) groups excluding carboxylic acids is 2. The van der Waals surface area contributed by atoms with Crippen LogP contribution in [0.5, 0.6) is 0 Å². The first-order valence-electron chi connectivity index (χ1n) is 5.66. The summed E-state index contributed by atoms with van der Waals surface area (Å²) in [7, 11) is 0. The van der Waals surface area contributed by atoms with Crippen molar-refractivity contribution in [3.05, 3.63) is 0 Å². The van der Waals surface area contributed by atoms with Gasteiger partial charge in [0.1, 0.15) is 0 Å². The molecule has 17 heavy (non-hydrogen) atoms. The predicted molar refractivity (Wildman–Crippen MR) is 69.4 cm³/mol. The molecule has 0 saturated carbocycles. The Balaban J connectivity index is 2.34. The summed E-state index contributed by atoms with van der Waals surface area (Å²) in [4.78, 5) is 24.6. The van der Waals surface area contributed by atoms with Gasteiger partial charge in [-0.15, -0.1) is 0 Å². The molecule has 0 unspecified atom stereocenters. The number of carbonyl (C=O) groups is 2. The van der Waals surface area contributed by atoms with Gasteiger partial charge in [-0.25, -0.2) is 0 Å². The number of nitrogens with one attached hydrogen (secondary N) is 1. The maximum absolute atomic E-state index is 11.1. The van der Waals surface area contributed by atoms with Crippen molar-refractivity contribution in [1.29, 1.82) is 0 Å². The minimum absolute atomic E-state index is 0.169. The van der Waals surface area contributed by atoms with E-state index in [-0.39, 0.29) is 17.2 Å². The van der Waals surface area contributed by atoms with E-state index in [1.54, 1.807) is 0 Å². The molecule has 0 aromatic heterocycles. The van der Waals surface area contributed by atoms with E-state index < -0.39 is 0 Å². The molecule has 0 atom stereocenters. The van der Waals surface area contributed by atoms with E-state index in [1.807, 2.05) is 18.7 Å². The zero-order chi connectivity index (χ0) is 13.1. The third-order valence-corrected chi connectivity index (χ3v) is 3.51. The van der Waals surface area contributed by atoms with E-state index in [0.717, 1.165) is 12.8 Å². The Morgan fingerprint density at radius 3 is 2.41 bits per heavy atom. The van der Waals surface area contributed by atoms with Crippen molar-refractivity contribution in [3.8, 4) is 0 Å². The molecule has 1 saturated heterocycles. The molecule has 1 heterocycles. The number of rotatable bonds is 5. The van der Waals surface area contributed by atoms with Gasteiger partial charge in [0.25, 0.3) is 0 Å². The van der Waals surface area contributed by atoms with Crippen LogP contribution in [0.25, 0.3) is 0 Å². The van der Waals surface area contributed by atoms with Crippen LogP contribution in [0.3, 0.4) is 0 Å². The fraction of sp³-hybridized carbons (Fsp3) is 0.727. The topological polar surface area (TPSA) is 75.4 Å². The first kappa shape index (κ1) is 14.1. The van der Waals surface area contributed by atoms with Gasteiger partial charge in [0.05, 0.1) is 18.1 Å². The number of hydrogen-bond acceptors (Lipinski definition) is 4. The highest BCUT2D eigenvalue weighted by molar-refractivity contribution is 7.80. The molecule has 2 amide bonds. The fourth-order valence-electron chi connectivity index (χ4n) is 1.72. The van der Waals surface area contributed by atoms with E-state index in [0.29, 0.717) is 24.6 Å². The molecule has 5 nitrogen and oxygen atoms in total. The van der Waals surface area contributed by atoms with Crippen LogP contribution in [0.1, 0.15) is 26.7 Å². The van der Waals surface area contributed by atoms with Gasteiger partial charge in [-0.2, -0.15) is 0 Å². The molecule has 0 aromatic carbocycles. The summed E-state index contributed by atoms with van der Waals surface area (Å²) in [5.41, 5.74) is 5.46. The van der Waals surface area contributed by atoms with Gasteiger partial charge >= 0.3 is 0 Å². The van der Waals surface area contributed by atoms with E-state index in [1.165, 1.54) is 0 Å². The minimum atomic E-state index is -0.227. The van der Waals surface area contributed by atoms with E-state index in [4.69, 9.17) is 18.0 Å². The van der Waals surface area contributed by atoms with Crippen molar-refractivity contribution in [2.24, 2.45) is 11.1 Å². The molecule has 0 radical (unpaired) electrons. The Hall–Kier alpha value is -1.01. The van der Waals surface area contributed by atoms with Gasteiger partial charge in [0.2, 0.25) is 11.8 Å². The SMILES string of the molecule is CC(C)(CCCN1CC(=O)NC(=O)C1)C(N)=S. The standard InChI is InChI=1S/C11H19N3O2S/c1-11(2,10(12)17)4-3-5-14-6-8(15)13-9(16)7-14/h3-7H2,1-2H3,(H2,12,17)(H,13,15,16). The summed E-state index contributed by atoms with van der Waals surface area (Å²) in [5, 5.41) is 2.27. The lowest BCUT2D eigenvalue weighted by atomic mass is 9.88. The van der Waals surface area contributed by atoms with Gasteiger partial charge < -0.3 is 5.73 Å². The van der Waals surface area contributed by atoms with E-state index >= 15 is 0 Å². The normalized spacial score (nSPS) is 18.0. The highest BCUT2D eigenvalue weighted by Gasteiger charge is 2.24. The third kappa shape index (κ3) is 4.40. The first-order valence-corrected chi connectivity index (χ1v) is 6.07. The van der Waals surface area contributed by atoms with Gasteiger partial charge in [0.15, 0.2) is 0 Å². The molecule has 96 valence electrons. The Labute approximate surface area is 107 Å². The highest BCUT2D eigenvalue weighted by atomic mass is 32.1. The molecule has 1 aliphatic heterocycles. The summed E-state index contributed by atoms with van der Waals surface area (Å²) in [6.07, 6.45) is 1.72. The summed E-state index contributed by atoms with van der Waals surface area (Å²) < 4.78 is 0. The molecule has 1 aliphatic rings. The number of thiocarbonyl (C=S) groups is 1. The third-order valence-electron chi connectivity index (χ3n) is 2.96. The van der Waals surface area contributed by atoms with Crippen LogP contribution < -0.4 is 11.1 Å². The second-order valence-corrected chi connectivity index (χ2v) is 5.47. The van der Waals surface area contributed by atoms with Crippen molar-refractivity contribution in [2.45, 2.75) is 26.7 Å². The van der Waals surface area contributed by atoms with Crippen molar-refractivity contribution < 1.29 is 9.59 Å². The maximum atomic E-state index is 11.1. The minimum Gasteiger partial charge on any atom is -0.393 e. The molecular formula is C11H19N3O2S. The van der Waals surface area contributed by atoms with Crippen LogP contribution in [0.15, 0.2) is 0 Å². The molecule has 1 rings (SSSR count). The monoisotopic (exact) mass is 257 g/mol. The smallest absolute Gasteiger partial charge is 0.240 e. The average Bonchev–Trinajstić information content (AvgIpc) is 2.15. The van der Waals surface area contributed by atoms with Crippen molar-refractivity contribution in [2.75, 3.05) is 19.6 Å². The number of nitrogens with zero attached hydrogens (tertiary/aromatic N) is 1. The zero-order valence-electron chi connectivity index (χ0n) is 10.3. The van der Waals surface area contributed by atoms with E-state index in [2.05, 4.69) is 5.32 Å². The summed E-state index contributed by atoms with van der Waals surface area (Å²) in [6.45, 7) is 5.30. The molecule has 0 aromatic rings.